The molecule has 1 amide bonds. The molecular formula is C19H24N3O3PS3. The fraction of sp³-hybridized carbons (Fsp3) is 0.263. The van der Waals surface area contributed by atoms with E-state index >= 15 is 0 Å². The van der Waals surface area contributed by atoms with E-state index in [4.69, 9.17) is 21.2 Å². The van der Waals surface area contributed by atoms with Crippen molar-refractivity contribution in [1.82, 2.24) is 8.38 Å². The molecule has 0 spiro atoms. The van der Waals surface area contributed by atoms with E-state index in [0.717, 1.165) is 5.30 Å². The van der Waals surface area contributed by atoms with Crippen LogP contribution in [0.25, 0.3) is 0 Å². The van der Waals surface area contributed by atoms with Gasteiger partial charge in [0.15, 0.2) is 0 Å². The van der Waals surface area contributed by atoms with Crippen LogP contribution in [0.1, 0.15) is 13.8 Å². The van der Waals surface area contributed by atoms with Crippen LogP contribution in [0.3, 0.4) is 0 Å². The van der Waals surface area contributed by atoms with Crippen LogP contribution >= 0.6 is 30.3 Å². The Hall–Kier alpha value is -1.51. The second-order valence-electron chi connectivity index (χ2n) is 5.68. The minimum absolute atomic E-state index is 0.564. The lowest BCUT2D eigenvalue weighted by Gasteiger charge is -2.34. The average molecular weight is 470 g/mol. The molecule has 2 rings (SSSR count). The maximum absolute atomic E-state index is 12.3. The fourth-order valence-corrected chi connectivity index (χ4v) is 6.86. The zero-order valence-electron chi connectivity index (χ0n) is 16.7. The van der Waals surface area contributed by atoms with Crippen molar-refractivity contribution in [1.29, 1.82) is 0 Å². The van der Waals surface area contributed by atoms with Crippen LogP contribution in [0.5, 0.6) is 5.75 Å². The van der Waals surface area contributed by atoms with Gasteiger partial charge in [0.2, 0.25) is 6.42 Å². The molecule has 1 unspecified atom stereocenters. The molecule has 2 aromatic rings. The Bertz CT molecular complexity index is 869. The molecule has 0 aliphatic rings. The molecule has 0 fully saturated rings. The Morgan fingerprint density at radius 1 is 1.14 bits per heavy atom. The van der Waals surface area contributed by atoms with Gasteiger partial charge < -0.3 is 4.52 Å². The molecule has 0 aliphatic carbocycles. The van der Waals surface area contributed by atoms with Gasteiger partial charge in [-0.15, -0.1) is 11.8 Å². The quantitative estimate of drug-likeness (QED) is 0.129. The summed E-state index contributed by atoms with van der Waals surface area (Å²) >= 11 is 8.66. The lowest BCUT2D eigenvalue weighted by Crippen LogP contribution is -2.30. The number of hydrogen-bond donors (Lipinski definition) is 0. The number of thioether (sulfide) groups is 1. The Labute approximate surface area is 186 Å². The second-order valence-corrected chi connectivity index (χ2v) is 11.8. The third-order valence-corrected chi connectivity index (χ3v) is 10.1. The standard InChI is InChI=1S/C19H24N3O3PS3/c1-5-22(29-21(3)19(23)24-20-16(2)28-4)26(27,18-14-10-7-11-15-18)25-17-12-8-6-9-13-17/h6-15H,5H2,1-4H3. The summed E-state index contributed by atoms with van der Waals surface area (Å²) in [5.74, 6) is 0.684. The molecular weight excluding hydrogens is 445 g/mol. The third kappa shape index (κ3) is 6.76. The molecule has 0 saturated carbocycles. The number of hydrogen-bond acceptors (Lipinski definition) is 7. The van der Waals surface area contributed by atoms with E-state index < -0.39 is 12.5 Å². The van der Waals surface area contributed by atoms with Crippen LogP contribution in [-0.2, 0) is 16.6 Å². The molecule has 0 N–H and O–H groups in total. The number of oxime groups is 1. The summed E-state index contributed by atoms with van der Waals surface area (Å²) in [6.45, 7) is 4.31. The first-order valence-electron chi connectivity index (χ1n) is 8.80. The van der Waals surface area contributed by atoms with Crippen molar-refractivity contribution in [2.45, 2.75) is 13.8 Å². The first kappa shape index (κ1) is 23.8. The summed E-state index contributed by atoms with van der Waals surface area (Å²) in [5, 5.41) is 5.35. The van der Waals surface area contributed by atoms with E-state index in [9.17, 15) is 4.79 Å². The molecule has 0 aromatic heterocycles. The lowest BCUT2D eigenvalue weighted by molar-refractivity contribution is 0.137. The second kappa shape index (κ2) is 11.6. The van der Waals surface area contributed by atoms with Crippen LogP contribution < -0.4 is 9.83 Å². The van der Waals surface area contributed by atoms with E-state index in [0.29, 0.717) is 17.3 Å². The summed E-state index contributed by atoms with van der Waals surface area (Å²) in [6, 6.07) is 19.2. The van der Waals surface area contributed by atoms with Crippen molar-refractivity contribution in [2.24, 2.45) is 5.16 Å². The topological polar surface area (TPSA) is 54.4 Å². The van der Waals surface area contributed by atoms with E-state index in [1.807, 2.05) is 77.9 Å². The largest absolute Gasteiger partial charge is 0.448 e. The first-order valence-corrected chi connectivity index (χ1v) is 13.4. The summed E-state index contributed by atoms with van der Waals surface area (Å²) in [6.07, 6.45) is -1.43. The first-order chi connectivity index (χ1) is 13.9. The highest BCUT2D eigenvalue weighted by Gasteiger charge is 2.33. The van der Waals surface area contributed by atoms with Gasteiger partial charge >= 0.3 is 6.09 Å². The number of rotatable bonds is 8. The monoisotopic (exact) mass is 469 g/mol. The van der Waals surface area contributed by atoms with Crippen LogP contribution in [-0.4, -0.2) is 39.4 Å². The Kier molecular flexibility index (Phi) is 9.52. The number of nitrogens with zero attached hydrogens (tertiary/aromatic N) is 3. The van der Waals surface area contributed by atoms with E-state index in [-0.39, 0.29) is 0 Å². The Morgan fingerprint density at radius 3 is 2.28 bits per heavy atom. The summed E-state index contributed by atoms with van der Waals surface area (Å²) < 4.78 is 9.63. The van der Waals surface area contributed by atoms with Gasteiger partial charge in [0.05, 0.1) is 12.1 Å². The smallest absolute Gasteiger partial charge is 0.446 e. The van der Waals surface area contributed by atoms with Crippen molar-refractivity contribution in [3.63, 3.8) is 0 Å². The van der Waals surface area contributed by atoms with Crippen molar-refractivity contribution < 1.29 is 14.2 Å². The summed E-state index contributed by atoms with van der Waals surface area (Å²) in [4.78, 5) is 17.3. The Morgan fingerprint density at radius 2 is 1.72 bits per heavy atom. The van der Waals surface area contributed by atoms with E-state index in [1.54, 1.807) is 14.0 Å². The maximum Gasteiger partial charge on any atom is 0.446 e. The summed E-state index contributed by atoms with van der Waals surface area (Å²) in [5.41, 5.74) is 0. The van der Waals surface area contributed by atoms with Crippen molar-refractivity contribution in [3.8, 4) is 5.75 Å². The van der Waals surface area contributed by atoms with Gasteiger partial charge in [0.1, 0.15) is 10.8 Å². The molecule has 0 saturated heterocycles. The highest BCUT2D eigenvalue weighted by Crippen LogP contribution is 2.54. The highest BCUT2D eigenvalue weighted by molar-refractivity contribution is 8.20. The molecule has 0 bridgehead atoms. The zero-order chi connectivity index (χ0) is 21.3. The zero-order valence-corrected chi connectivity index (χ0v) is 20.1. The molecule has 29 heavy (non-hydrogen) atoms. The molecule has 0 heterocycles. The van der Waals surface area contributed by atoms with Crippen LogP contribution in [0.15, 0.2) is 65.8 Å². The van der Waals surface area contributed by atoms with Crippen LogP contribution in [0.2, 0.25) is 0 Å². The minimum Gasteiger partial charge on any atom is -0.448 e. The predicted molar refractivity (Wildman–Crippen MR) is 128 cm³/mol. The number of carbonyl (C=O) groups is 1. The van der Waals surface area contributed by atoms with Crippen LogP contribution in [0, 0.1) is 0 Å². The van der Waals surface area contributed by atoms with Gasteiger partial charge in [-0.05, 0) is 49.3 Å². The van der Waals surface area contributed by atoms with Gasteiger partial charge in [-0.25, -0.2) is 9.10 Å². The number of amides is 1. The molecule has 2 aromatic carbocycles. The van der Waals surface area contributed by atoms with Crippen molar-refractivity contribution in [2.75, 3.05) is 19.8 Å². The molecule has 10 heteroatoms. The number of para-hydroxylation sites is 1. The summed E-state index contributed by atoms with van der Waals surface area (Å²) in [7, 11) is 1.62. The van der Waals surface area contributed by atoms with Gasteiger partial charge in [-0.3, -0.25) is 4.84 Å². The predicted octanol–water partition coefficient (Wildman–Crippen LogP) is 5.35. The average Bonchev–Trinajstić information content (AvgIpc) is 2.76. The SMILES string of the molecule is CCN(SN(C)C(=O)ON=C(C)SC)P(=S)(Oc1ccccc1)c1ccccc1. The third-order valence-electron chi connectivity index (χ3n) is 3.64. The molecule has 156 valence electrons. The highest BCUT2D eigenvalue weighted by atomic mass is 32.5. The van der Waals surface area contributed by atoms with Gasteiger partial charge in [0, 0.05) is 18.9 Å². The fourth-order valence-electron chi connectivity index (χ4n) is 2.13. The number of benzene rings is 2. The Balaban J connectivity index is 2.28. The van der Waals surface area contributed by atoms with Gasteiger partial charge in [0.25, 0.3) is 0 Å². The molecule has 0 radical (unpaired) electrons. The number of carbonyl (C=O) groups excluding carboxylic acids is 1. The maximum atomic E-state index is 12.3. The van der Waals surface area contributed by atoms with Crippen molar-refractivity contribution in [3.05, 3.63) is 60.7 Å². The minimum atomic E-state index is -2.70. The van der Waals surface area contributed by atoms with Gasteiger partial charge in [-0.2, -0.15) is 4.08 Å². The lowest BCUT2D eigenvalue weighted by atomic mass is 10.3. The molecule has 6 nitrogen and oxygen atoms in total. The van der Waals surface area contributed by atoms with E-state index in [1.165, 1.54) is 28.2 Å². The van der Waals surface area contributed by atoms with Crippen LogP contribution in [0.4, 0.5) is 4.79 Å². The normalized spacial score (nSPS) is 13.6. The van der Waals surface area contributed by atoms with E-state index in [2.05, 4.69) is 5.16 Å². The molecule has 0 aliphatic heterocycles. The molecule has 1 atom stereocenters. The van der Waals surface area contributed by atoms with Gasteiger partial charge in [-0.1, -0.05) is 48.5 Å². The van der Waals surface area contributed by atoms with Crippen molar-refractivity contribution >= 4 is 58.6 Å².